The maximum atomic E-state index is 12.0. The average molecular weight is 234 g/mol. The summed E-state index contributed by atoms with van der Waals surface area (Å²) in [5, 5.41) is 15.6. The van der Waals surface area contributed by atoms with E-state index in [0.29, 0.717) is 18.2 Å². The molecule has 0 aromatic heterocycles. The van der Waals surface area contributed by atoms with Crippen LogP contribution in [-0.2, 0) is 4.79 Å². The van der Waals surface area contributed by atoms with Gasteiger partial charge in [-0.3, -0.25) is 4.79 Å². The van der Waals surface area contributed by atoms with Crippen molar-refractivity contribution in [2.24, 2.45) is 11.8 Å². The van der Waals surface area contributed by atoms with E-state index >= 15 is 0 Å². The maximum Gasteiger partial charge on any atom is 0.229 e. The van der Waals surface area contributed by atoms with E-state index in [4.69, 9.17) is 0 Å². The minimum Gasteiger partial charge on any atom is -0.506 e. The van der Waals surface area contributed by atoms with Crippen molar-refractivity contribution in [1.29, 1.82) is 0 Å². The topological polar surface area (TPSA) is 61.4 Å². The number of hydrogen-bond donors (Lipinski definition) is 3. The average Bonchev–Trinajstić information content (AvgIpc) is 2.70. The Bertz CT molecular complexity index is 431. The summed E-state index contributed by atoms with van der Waals surface area (Å²) in [7, 11) is 0. The number of phenols is 1. The van der Waals surface area contributed by atoms with Crippen LogP contribution >= 0.6 is 0 Å². The van der Waals surface area contributed by atoms with Gasteiger partial charge in [-0.25, -0.2) is 0 Å². The Hall–Kier alpha value is -1.55. The van der Waals surface area contributed by atoms with Gasteiger partial charge in [0.25, 0.3) is 0 Å². The van der Waals surface area contributed by atoms with Gasteiger partial charge in [-0.1, -0.05) is 13.0 Å². The number of hydrogen-bond acceptors (Lipinski definition) is 3. The molecule has 1 heterocycles. The molecule has 4 nitrogen and oxygen atoms in total. The Morgan fingerprint density at radius 2 is 2.24 bits per heavy atom. The molecule has 1 amide bonds. The number of aromatic hydroxyl groups is 1. The summed E-state index contributed by atoms with van der Waals surface area (Å²) in [4.78, 5) is 12.0. The van der Waals surface area contributed by atoms with Gasteiger partial charge in [0, 0.05) is 6.54 Å². The number of carbonyl (C=O) groups excluding carboxylic acids is 1. The molecular formula is C13H18N2O2. The standard InChI is InChI=1S/C13H18N2O2/c1-8-3-4-12(16)11(5-8)15-13(17)10-7-14-6-9(10)2/h3-5,9-10,14,16H,6-7H2,1-2H3,(H,15,17). The molecule has 1 aromatic rings. The molecule has 0 aliphatic carbocycles. The molecule has 2 atom stereocenters. The molecule has 1 fully saturated rings. The predicted octanol–water partition coefficient (Wildman–Crippen LogP) is 1.49. The van der Waals surface area contributed by atoms with Crippen molar-refractivity contribution in [3.05, 3.63) is 23.8 Å². The van der Waals surface area contributed by atoms with Crippen molar-refractivity contribution in [2.45, 2.75) is 13.8 Å². The third-order valence-corrected chi connectivity index (χ3v) is 3.26. The Kier molecular flexibility index (Phi) is 3.33. The van der Waals surface area contributed by atoms with E-state index in [9.17, 15) is 9.90 Å². The molecule has 1 aromatic carbocycles. The van der Waals surface area contributed by atoms with Crippen LogP contribution in [0.2, 0.25) is 0 Å². The highest BCUT2D eigenvalue weighted by molar-refractivity contribution is 5.94. The molecule has 17 heavy (non-hydrogen) atoms. The van der Waals surface area contributed by atoms with E-state index in [2.05, 4.69) is 17.6 Å². The third-order valence-electron chi connectivity index (χ3n) is 3.26. The highest BCUT2D eigenvalue weighted by Crippen LogP contribution is 2.26. The monoisotopic (exact) mass is 234 g/mol. The molecule has 1 saturated heterocycles. The Labute approximate surface area is 101 Å². The summed E-state index contributed by atoms with van der Waals surface area (Å²) < 4.78 is 0. The number of benzene rings is 1. The summed E-state index contributed by atoms with van der Waals surface area (Å²) in [6.07, 6.45) is 0. The van der Waals surface area contributed by atoms with Crippen LogP contribution in [0.3, 0.4) is 0 Å². The zero-order valence-electron chi connectivity index (χ0n) is 10.2. The number of nitrogens with one attached hydrogen (secondary N) is 2. The second-order valence-corrected chi connectivity index (χ2v) is 4.75. The first kappa shape index (κ1) is 11.9. The second-order valence-electron chi connectivity index (χ2n) is 4.75. The van der Waals surface area contributed by atoms with Gasteiger partial charge in [0.15, 0.2) is 0 Å². The largest absolute Gasteiger partial charge is 0.506 e. The Morgan fingerprint density at radius 1 is 1.47 bits per heavy atom. The SMILES string of the molecule is Cc1ccc(O)c(NC(=O)C2CNCC2C)c1. The lowest BCUT2D eigenvalue weighted by Gasteiger charge is -2.15. The van der Waals surface area contributed by atoms with E-state index in [0.717, 1.165) is 12.1 Å². The fraction of sp³-hybridized carbons (Fsp3) is 0.462. The number of phenolic OH excluding ortho intramolecular Hbond substituents is 1. The van der Waals surface area contributed by atoms with Crippen molar-refractivity contribution in [2.75, 3.05) is 18.4 Å². The molecule has 2 unspecified atom stereocenters. The number of carbonyl (C=O) groups is 1. The summed E-state index contributed by atoms with van der Waals surface area (Å²) >= 11 is 0. The minimum absolute atomic E-state index is 0.0186. The summed E-state index contributed by atoms with van der Waals surface area (Å²) in [6.45, 7) is 5.56. The molecular weight excluding hydrogens is 216 g/mol. The van der Waals surface area contributed by atoms with E-state index in [1.807, 2.05) is 13.0 Å². The number of aryl methyl sites for hydroxylation is 1. The van der Waals surface area contributed by atoms with E-state index in [1.54, 1.807) is 12.1 Å². The van der Waals surface area contributed by atoms with Gasteiger partial charge in [0.2, 0.25) is 5.91 Å². The minimum atomic E-state index is -0.0246. The van der Waals surface area contributed by atoms with Crippen molar-refractivity contribution >= 4 is 11.6 Å². The van der Waals surface area contributed by atoms with Crippen LogP contribution in [0.4, 0.5) is 5.69 Å². The molecule has 1 aliphatic heterocycles. The van der Waals surface area contributed by atoms with Crippen LogP contribution in [0.25, 0.3) is 0 Å². The molecule has 4 heteroatoms. The normalized spacial score (nSPS) is 23.6. The van der Waals surface area contributed by atoms with Crippen LogP contribution < -0.4 is 10.6 Å². The number of amides is 1. The molecule has 0 bridgehead atoms. The van der Waals surface area contributed by atoms with Crippen LogP contribution in [0.15, 0.2) is 18.2 Å². The van der Waals surface area contributed by atoms with Gasteiger partial charge in [-0.05, 0) is 37.1 Å². The van der Waals surface area contributed by atoms with Gasteiger partial charge in [-0.15, -0.1) is 0 Å². The van der Waals surface area contributed by atoms with Gasteiger partial charge in [0.05, 0.1) is 11.6 Å². The van der Waals surface area contributed by atoms with Crippen molar-refractivity contribution in [1.82, 2.24) is 5.32 Å². The smallest absolute Gasteiger partial charge is 0.229 e. The van der Waals surface area contributed by atoms with Crippen molar-refractivity contribution in [3.63, 3.8) is 0 Å². The first-order valence-electron chi connectivity index (χ1n) is 5.89. The summed E-state index contributed by atoms with van der Waals surface area (Å²) in [5.74, 6) is 0.405. The van der Waals surface area contributed by atoms with Crippen LogP contribution in [-0.4, -0.2) is 24.1 Å². The zero-order valence-corrected chi connectivity index (χ0v) is 10.2. The highest BCUT2D eigenvalue weighted by atomic mass is 16.3. The molecule has 92 valence electrons. The number of anilines is 1. The fourth-order valence-corrected chi connectivity index (χ4v) is 2.14. The Morgan fingerprint density at radius 3 is 2.88 bits per heavy atom. The molecule has 1 aliphatic rings. The fourth-order valence-electron chi connectivity index (χ4n) is 2.14. The molecule has 0 saturated carbocycles. The zero-order chi connectivity index (χ0) is 12.4. The molecule has 0 spiro atoms. The molecule has 2 rings (SSSR count). The van der Waals surface area contributed by atoms with Crippen LogP contribution in [0.1, 0.15) is 12.5 Å². The quantitative estimate of drug-likeness (QED) is 0.679. The van der Waals surface area contributed by atoms with Gasteiger partial charge < -0.3 is 15.7 Å². The van der Waals surface area contributed by atoms with Crippen LogP contribution in [0.5, 0.6) is 5.75 Å². The number of rotatable bonds is 2. The molecule has 0 radical (unpaired) electrons. The van der Waals surface area contributed by atoms with Crippen LogP contribution in [0, 0.1) is 18.8 Å². The van der Waals surface area contributed by atoms with E-state index < -0.39 is 0 Å². The maximum absolute atomic E-state index is 12.0. The first-order valence-corrected chi connectivity index (χ1v) is 5.89. The van der Waals surface area contributed by atoms with Gasteiger partial charge >= 0.3 is 0 Å². The van der Waals surface area contributed by atoms with Gasteiger partial charge in [0.1, 0.15) is 5.75 Å². The van der Waals surface area contributed by atoms with E-state index in [1.165, 1.54) is 0 Å². The van der Waals surface area contributed by atoms with E-state index in [-0.39, 0.29) is 17.6 Å². The first-order chi connectivity index (χ1) is 8.08. The second kappa shape index (κ2) is 4.75. The van der Waals surface area contributed by atoms with Crippen molar-refractivity contribution < 1.29 is 9.90 Å². The predicted molar refractivity (Wildman–Crippen MR) is 67.0 cm³/mol. The lowest BCUT2D eigenvalue weighted by molar-refractivity contribution is -0.120. The van der Waals surface area contributed by atoms with Crippen molar-refractivity contribution in [3.8, 4) is 5.75 Å². The lowest BCUT2D eigenvalue weighted by atomic mass is 9.97. The highest BCUT2D eigenvalue weighted by Gasteiger charge is 2.29. The third kappa shape index (κ3) is 2.58. The summed E-state index contributed by atoms with van der Waals surface area (Å²) in [6, 6.07) is 5.19. The molecule has 3 N–H and O–H groups in total. The lowest BCUT2D eigenvalue weighted by Crippen LogP contribution is -2.27. The summed E-state index contributed by atoms with van der Waals surface area (Å²) in [5.41, 5.74) is 1.50. The van der Waals surface area contributed by atoms with Gasteiger partial charge in [-0.2, -0.15) is 0 Å². The Balaban J connectivity index is 2.10.